The number of nitrogens with one attached hydrogen (secondary N) is 2. The lowest BCUT2D eigenvalue weighted by molar-refractivity contribution is -0.143. The lowest BCUT2D eigenvalue weighted by Crippen LogP contribution is -2.54. The molecule has 3 aliphatic rings. The van der Waals surface area contributed by atoms with Gasteiger partial charge in [0, 0.05) is 31.9 Å². The summed E-state index contributed by atoms with van der Waals surface area (Å²) in [4.78, 5) is 41.1. The third-order valence-electron chi connectivity index (χ3n) is 6.17. The molecule has 1 aromatic carbocycles. The van der Waals surface area contributed by atoms with Crippen LogP contribution in [0, 0.1) is 17.8 Å². The number of ether oxygens (including phenoxy) is 1. The Bertz CT molecular complexity index is 858. The van der Waals surface area contributed by atoms with E-state index in [1.54, 1.807) is 25.3 Å². The van der Waals surface area contributed by atoms with E-state index in [0.29, 0.717) is 35.8 Å². The first-order valence-corrected chi connectivity index (χ1v) is 9.94. The molecule has 2 unspecified atom stereocenters. The lowest BCUT2D eigenvalue weighted by atomic mass is 9.76. The number of anilines is 1. The summed E-state index contributed by atoms with van der Waals surface area (Å²) in [5.41, 5.74) is -0.117. The summed E-state index contributed by atoms with van der Waals surface area (Å²) in [6, 6.07) is 4.98. The fourth-order valence-electron chi connectivity index (χ4n) is 4.95. The van der Waals surface area contributed by atoms with Gasteiger partial charge >= 0.3 is 0 Å². The van der Waals surface area contributed by atoms with Crippen molar-refractivity contribution in [3.05, 3.63) is 28.8 Å². The van der Waals surface area contributed by atoms with Gasteiger partial charge in [0.1, 0.15) is 5.54 Å². The molecular weight excluding hydrogens is 382 g/mol. The molecule has 1 aromatic rings. The molecule has 0 saturated carbocycles. The van der Waals surface area contributed by atoms with E-state index in [4.69, 9.17) is 16.3 Å². The van der Waals surface area contributed by atoms with Crippen molar-refractivity contribution in [3.8, 4) is 0 Å². The van der Waals surface area contributed by atoms with Gasteiger partial charge in [-0.05, 0) is 18.4 Å². The number of hydrogen-bond acceptors (Lipinski definition) is 5. The number of imide groups is 1. The van der Waals surface area contributed by atoms with Gasteiger partial charge in [-0.1, -0.05) is 37.6 Å². The van der Waals surface area contributed by atoms with Gasteiger partial charge in [0.05, 0.1) is 22.5 Å². The fourth-order valence-corrected chi connectivity index (χ4v) is 5.17. The fraction of sp³-hybridized carbons (Fsp3) is 0.550. The molecule has 150 valence electrons. The molecule has 2 saturated heterocycles. The zero-order valence-electron chi connectivity index (χ0n) is 16.1. The Morgan fingerprint density at radius 3 is 2.68 bits per heavy atom. The summed E-state index contributed by atoms with van der Waals surface area (Å²) in [6.07, 6.45) is 0.564. The predicted molar refractivity (Wildman–Crippen MR) is 104 cm³/mol. The molecule has 28 heavy (non-hydrogen) atoms. The van der Waals surface area contributed by atoms with Crippen molar-refractivity contribution in [1.29, 1.82) is 0 Å². The van der Waals surface area contributed by atoms with Crippen LogP contribution in [-0.4, -0.2) is 48.9 Å². The highest BCUT2D eigenvalue weighted by Gasteiger charge is 2.70. The smallest absolute Gasteiger partial charge is 0.250 e. The largest absolute Gasteiger partial charge is 0.385 e. The van der Waals surface area contributed by atoms with Crippen molar-refractivity contribution >= 4 is 35.0 Å². The lowest BCUT2D eigenvalue weighted by Gasteiger charge is -2.30. The molecule has 0 radical (unpaired) electrons. The highest BCUT2D eigenvalue weighted by molar-refractivity contribution is 6.35. The van der Waals surface area contributed by atoms with Gasteiger partial charge in [0.2, 0.25) is 17.7 Å². The van der Waals surface area contributed by atoms with Gasteiger partial charge in [0.25, 0.3) is 0 Å². The summed E-state index contributed by atoms with van der Waals surface area (Å²) in [7, 11) is 1.58. The van der Waals surface area contributed by atoms with Crippen LogP contribution in [0.15, 0.2) is 18.2 Å². The van der Waals surface area contributed by atoms with Crippen molar-refractivity contribution < 1.29 is 19.1 Å². The van der Waals surface area contributed by atoms with E-state index in [9.17, 15) is 14.4 Å². The second kappa shape index (κ2) is 6.83. The maximum atomic E-state index is 13.4. The number of fused-ring (bicyclic) bond motifs is 4. The second-order valence-corrected chi connectivity index (χ2v) is 8.42. The first kappa shape index (κ1) is 19.4. The Labute approximate surface area is 168 Å². The number of carbonyl (C=O) groups is 3. The first-order chi connectivity index (χ1) is 13.3. The summed E-state index contributed by atoms with van der Waals surface area (Å²) in [5, 5.41) is 6.64. The topological polar surface area (TPSA) is 87.7 Å². The third-order valence-corrected chi connectivity index (χ3v) is 6.49. The minimum Gasteiger partial charge on any atom is -0.385 e. The standard InChI is InChI=1S/C20H24ClN3O4/c1-10(2)15-13-14(18(26)24(17(13)25)8-5-9-28-3)20(23-15)11-6-4-7-12(21)16(11)22-19(20)27/h4,6-7,10,13-15,23H,5,8-9H2,1-3H3,(H,22,27)/t13-,14-,15?,20?/m1/s1. The van der Waals surface area contributed by atoms with E-state index in [1.807, 2.05) is 13.8 Å². The minimum atomic E-state index is -1.28. The van der Waals surface area contributed by atoms with Crippen LogP contribution in [-0.2, 0) is 24.7 Å². The Hall–Kier alpha value is -1.96. The Balaban J connectivity index is 1.81. The van der Waals surface area contributed by atoms with Gasteiger partial charge in [-0.15, -0.1) is 0 Å². The summed E-state index contributed by atoms with van der Waals surface area (Å²) in [5.74, 6) is -2.13. The third kappa shape index (κ3) is 2.46. The van der Waals surface area contributed by atoms with E-state index in [-0.39, 0.29) is 29.7 Å². The van der Waals surface area contributed by atoms with Crippen molar-refractivity contribution in [2.24, 2.45) is 17.8 Å². The molecule has 4 rings (SSSR count). The monoisotopic (exact) mass is 405 g/mol. The SMILES string of the molecule is COCCCN1C(=O)[C@H]2C(C(C)C)NC3(C(=O)Nc4c(Cl)cccc43)[C@H]2C1=O. The maximum absolute atomic E-state index is 13.4. The number of methoxy groups -OCH3 is 1. The zero-order valence-corrected chi connectivity index (χ0v) is 16.9. The highest BCUT2D eigenvalue weighted by atomic mass is 35.5. The van der Waals surface area contributed by atoms with Crippen LogP contribution in [0.2, 0.25) is 5.02 Å². The van der Waals surface area contributed by atoms with Crippen molar-refractivity contribution in [2.75, 3.05) is 25.6 Å². The van der Waals surface area contributed by atoms with E-state index < -0.39 is 17.4 Å². The van der Waals surface area contributed by atoms with Gasteiger partial charge in [-0.3, -0.25) is 24.6 Å². The van der Waals surface area contributed by atoms with E-state index >= 15 is 0 Å². The normalized spacial score (nSPS) is 31.1. The molecule has 0 bridgehead atoms. The summed E-state index contributed by atoms with van der Waals surface area (Å²) >= 11 is 6.30. The molecule has 0 aliphatic carbocycles. The highest BCUT2D eigenvalue weighted by Crippen LogP contribution is 2.54. The number of halogens is 1. The number of benzene rings is 1. The Morgan fingerprint density at radius 2 is 2.00 bits per heavy atom. The van der Waals surface area contributed by atoms with Gasteiger partial charge in [-0.2, -0.15) is 0 Å². The minimum absolute atomic E-state index is 0.0681. The van der Waals surface area contributed by atoms with Crippen LogP contribution in [0.4, 0.5) is 5.69 Å². The average molecular weight is 406 g/mol. The number of rotatable bonds is 5. The molecule has 3 amide bonds. The van der Waals surface area contributed by atoms with Crippen LogP contribution < -0.4 is 10.6 Å². The molecule has 3 heterocycles. The maximum Gasteiger partial charge on any atom is 0.250 e. The number of nitrogens with zero attached hydrogens (tertiary/aromatic N) is 1. The number of likely N-dealkylation sites (tertiary alicyclic amines) is 1. The molecule has 0 aromatic heterocycles. The average Bonchev–Trinajstić information content (AvgIpc) is 3.24. The predicted octanol–water partition coefficient (Wildman–Crippen LogP) is 1.75. The van der Waals surface area contributed by atoms with Gasteiger partial charge in [-0.25, -0.2) is 0 Å². The Morgan fingerprint density at radius 1 is 1.25 bits per heavy atom. The van der Waals surface area contributed by atoms with Gasteiger partial charge < -0.3 is 10.1 Å². The first-order valence-electron chi connectivity index (χ1n) is 9.57. The van der Waals surface area contributed by atoms with E-state index in [2.05, 4.69) is 10.6 Å². The van der Waals surface area contributed by atoms with Crippen molar-refractivity contribution in [2.45, 2.75) is 31.8 Å². The van der Waals surface area contributed by atoms with Crippen molar-refractivity contribution in [1.82, 2.24) is 10.2 Å². The summed E-state index contributed by atoms with van der Waals surface area (Å²) < 4.78 is 5.06. The number of carbonyl (C=O) groups excluding carboxylic acids is 3. The molecule has 1 spiro atoms. The quantitative estimate of drug-likeness (QED) is 0.575. The van der Waals surface area contributed by atoms with Crippen LogP contribution in [0.5, 0.6) is 0 Å². The van der Waals surface area contributed by atoms with Crippen molar-refractivity contribution in [3.63, 3.8) is 0 Å². The van der Waals surface area contributed by atoms with Crippen LogP contribution >= 0.6 is 11.6 Å². The van der Waals surface area contributed by atoms with Crippen LogP contribution in [0.1, 0.15) is 25.8 Å². The Kier molecular flexibility index (Phi) is 4.72. The molecule has 3 aliphatic heterocycles. The van der Waals surface area contributed by atoms with Gasteiger partial charge in [0.15, 0.2) is 0 Å². The molecule has 7 nitrogen and oxygen atoms in total. The van der Waals surface area contributed by atoms with E-state index in [0.717, 1.165) is 0 Å². The second-order valence-electron chi connectivity index (χ2n) is 8.02. The van der Waals surface area contributed by atoms with Crippen LogP contribution in [0.3, 0.4) is 0 Å². The molecule has 4 atom stereocenters. The number of para-hydroxylation sites is 1. The number of amides is 3. The molecule has 8 heteroatoms. The van der Waals surface area contributed by atoms with Crippen LogP contribution in [0.25, 0.3) is 0 Å². The number of hydrogen-bond donors (Lipinski definition) is 2. The zero-order chi connectivity index (χ0) is 20.2. The molecular formula is C20H24ClN3O4. The molecule has 2 N–H and O–H groups in total. The summed E-state index contributed by atoms with van der Waals surface area (Å²) in [6.45, 7) is 4.74. The van der Waals surface area contributed by atoms with E-state index in [1.165, 1.54) is 4.90 Å². The molecule has 2 fully saturated rings.